The zero-order valence-electron chi connectivity index (χ0n) is 10.2. The summed E-state index contributed by atoms with van der Waals surface area (Å²) in [6, 6.07) is 10.1. The third-order valence-corrected chi connectivity index (χ3v) is 3.08. The maximum absolute atomic E-state index is 11.7. The second-order valence-electron chi connectivity index (χ2n) is 4.04. The van der Waals surface area contributed by atoms with Crippen molar-refractivity contribution in [2.45, 2.75) is 6.54 Å². The number of amides is 1. The van der Waals surface area contributed by atoms with Gasteiger partial charge in [0.15, 0.2) is 5.13 Å². The first-order chi connectivity index (χ1) is 8.74. The fraction of sp³-hybridized carbons (Fsp3) is 0.231. The minimum atomic E-state index is -0.0385. The second-order valence-corrected chi connectivity index (χ2v) is 4.94. The summed E-state index contributed by atoms with van der Waals surface area (Å²) in [6.07, 6.45) is 1.67. The van der Waals surface area contributed by atoms with Gasteiger partial charge in [-0.2, -0.15) is 0 Å². The number of rotatable bonds is 5. The first-order valence-corrected chi connectivity index (χ1v) is 6.54. The van der Waals surface area contributed by atoms with Gasteiger partial charge in [0.25, 0.3) is 0 Å². The van der Waals surface area contributed by atoms with Gasteiger partial charge in [-0.25, -0.2) is 4.98 Å². The Morgan fingerprint density at radius 1 is 1.39 bits per heavy atom. The predicted octanol–water partition coefficient (Wildman–Crippen LogP) is 2.21. The fourth-order valence-electron chi connectivity index (χ4n) is 1.64. The van der Waals surface area contributed by atoms with Gasteiger partial charge in [0.05, 0.1) is 6.54 Å². The number of nitrogens with zero attached hydrogens (tertiary/aromatic N) is 2. The van der Waals surface area contributed by atoms with Crippen molar-refractivity contribution < 1.29 is 4.79 Å². The third kappa shape index (κ3) is 3.94. The smallest absolute Gasteiger partial charge is 0.240 e. The molecular formula is C13H15N3OS. The summed E-state index contributed by atoms with van der Waals surface area (Å²) < 4.78 is 0. The number of carbonyl (C=O) groups is 1. The van der Waals surface area contributed by atoms with Gasteiger partial charge in [0.1, 0.15) is 0 Å². The third-order valence-electron chi connectivity index (χ3n) is 2.39. The van der Waals surface area contributed by atoms with Crippen LogP contribution in [0.3, 0.4) is 0 Å². The van der Waals surface area contributed by atoms with E-state index in [4.69, 9.17) is 0 Å². The maximum Gasteiger partial charge on any atom is 0.240 e. The van der Waals surface area contributed by atoms with Gasteiger partial charge in [0, 0.05) is 18.1 Å². The highest BCUT2D eigenvalue weighted by molar-refractivity contribution is 7.13. The van der Waals surface area contributed by atoms with Gasteiger partial charge in [0.2, 0.25) is 5.91 Å². The van der Waals surface area contributed by atoms with Crippen LogP contribution in [0.5, 0.6) is 0 Å². The molecule has 0 spiro atoms. The summed E-state index contributed by atoms with van der Waals surface area (Å²) in [5.41, 5.74) is 1.20. The Morgan fingerprint density at radius 2 is 2.17 bits per heavy atom. The lowest BCUT2D eigenvalue weighted by Crippen LogP contribution is -2.29. The molecule has 0 aliphatic rings. The van der Waals surface area contributed by atoms with Crippen molar-refractivity contribution >= 4 is 22.4 Å². The Bertz CT molecular complexity index is 484. The van der Waals surface area contributed by atoms with Crippen LogP contribution in [0.25, 0.3) is 0 Å². The molecule has 1 aromatic heterocycles. The predicted molar refractivity (Wildman–Crippen MR) is 73.5 cm³/mol. The van der Waals surface area contributed by atoms with Crippen LogP contribution >= 0.6 is 11.3 Å². The molecule has 1 amide bonds. The van der Waals surface area contributed by atoms with Crippen LogP contribution in [-0.4, -0.2) is 29.4 Å². The van der Waals surface area contributed by atoms with Gasteiger partial charge < -0.3 is 5.32 Å². The number of carbonyl (C=O) groups excluding carboxylic acids is 1. The summed E-state index contributed by atoms with van der Waals surface area (Å²) in [7, 11) is 1.93. The lowest BCUT2D eigenvalue weighted by molar-refractivity contribution is -0.117. The minimum Gasteiger partial charge on any atom is -0.301 e. The van der Waals surface area contributed by atoms with E-state index in [0.29, 0.717) is 11.7 Å². The summed E-state index contributed by atoms with van der Waals surface area (Å²) in [6.45, 7) is 1.11. The largest absolute Gasteiger partial charge is 0.301 e. The van der Waals surface area contributed by atoms with Crippen LogP contribution in [0, 0.1) is 0 Å². The SMILES string of the molecule is CN(CC(=O)Nc1nccs1)Cc1ccccc1. The molecular weight excluding hydrogens is 246 g/mol. The summed E-state index contributed by atoms with van der Waals surface area (Å²) in [4.78, 5) is 17.7. The van der Waals surface area contributed by atoms with E-state index in [1.54, 1.807) is 6.20 Å². The normalized spacial score (nSPS) is 10.6. The van der Waals surface area contributed by atoms with E-state index in [1.165, 1.54) is 16.9 Å². The number of likely N-dealkylation sites (N-methyl/N-ethyl adjacent to an activating group) is 1. The number of aromatic nitrogens is 1. The van der Waals surface area contributed by atoms with E-state index in [0.717, 1.165) is 6.54 Å². The molecule has 0 aliphatic heterocycles. The number of benzene rings is 1. The average molecular weight is 261 g/mol. The highest BCUT2D eigenvalue weighted by Crippen LogP contribution is 2.10. The van der Waals surface area contributed by atoms with E-state index < -0.39 is 0 Å². The molecule has 0 saturated heterocycles. The Balaban J connectivity index is 1.80. The molecule has 94 valence electrons. The van der Waals surface area contributed by atoms with E-state index in [1.807, 2.05) is 35.5 Å². The molecule has 2 aromatic rings. The monoisotopic (exact) mass is 261 g/mol. The number of hydrogen-bond donors (Lipinski definition) is 1. The second kappa shape index (κ2) is 6.28. The van der Waals surface area contributed by atoms with Crippen molar-refractivity contribution in [3.8, 4) is 0 Å². The maximum atomic E-state index is 11.7. The van der Waals surface area contributed by atoms with Gasteiger partial charge in [-0.15, -0.1) is 11.3 Å². The van der Waals surface area contributed by atoms with Crippen molar-refractivity contribution in [3.63, 3.8) is 0 Å². The molecule has 1 heterocycles. The van der Waals surface area contributed by atoms with Gasteiger partial charge >= 0.3 is 0 Å². The standard InChI is InChI=1S/C13H15N3OS/c1-16(9-11-5-3-2-4-6-11)10-12(17)15-13-14-7-8-18-13/h2-8H,9-10H2,1H3,(H,14,15,17). The molecule has 1 aromatic carbocycles. The zero-order valence-corrected chi connectivity index (χ0v) is 11.0. The quantitative estimate of drug-likeness (QED) is 0.897. The molecule has 18 heavy (non-hydrogen) atoms. The molecule has 2 rings (SSSR count). The van der Waals surface area contributed by atoms with E-state index in [9.17, 15) is 4.79 Å². The molecule has 0 bridgehead atoms. The van der Waals surface area contributed by atoms with E-state index in [2.05, 4.69) is 22.4 Å². The first-order valence-electron chi connectivity index (χ1n) is 5.66. The number of hydrogen-bond acceptors (Lipinski definition) is 4. The van der Waals surface area contributed by atoms with E-state index in [-0.39, 0.29) is 5.91 Å². The number of nitrogens with one attached hydrogen (secondary N) is 1. The molecule has 0 aliphatic carbocycles. The lowest BCUT2D eigenvalue weighted by Gasteiger charge is -2.15. The molecule has 4 nitrogen and oxygen atoms in total. The van der Waals surface area contributed by atoms with E-state index >= 15 is 0 Å². The van der Waals surface area contributed by atoms with Gasteiger partial charge in [-0.3, -0.25) is 9.69 Å². The van der Waals surface area contributed by atoms with Gasteiger partial charge in [-0.1, -0.05) is 30.3 Å². The Hall–Kier alpha value is -1.72. The summed E-state index contributed by atoms with van der Waals surface area (Å²) >= 11 is 1.42. The van der Waals surface area contributed by atoms with Crippen LogP contribution in [0.4, 0.5) is 5.13 Å². The zero-order chi connectivity index (χ0) is 12.8. The van der Waals surface area contributed by atoms with Crippen molar-refractivity contribution in [1.29, 1.82) is 0 Å². The molecule has 0 unspecified atom stereocenters. The minimum absolute atomic E-state index is 0.0385. The Morgan fingerprint density at radius 3 is 2.83 bits per heavy atom. The summed E-state index contributed by atoms with van der Waals surface area (Å²) in [5.74, 6) is -0.0385. The molecule has 0 atom stereocenters. The number of thiazole rings is 1. The highest BCUT2D eigenvalue weighted by Gasteiger charge is 2.08. The average Bonchev–Trinajstić information content (AvgIpc) is 2.82. The van der Waals surface area contributed by atoms with Crippen LogP contribution < -0.4 is 5.32 Å². The molecule has 0 saturated carbocycles. The number of anilines is 1. The molecule has 0 fully saturated rings. The first kappa shape index (κ1) is 12.7. The van der Waals surface area contributed by atoms with Crippen molar-refractivity contribution in [2.24, 2.45) is 0 Å². The molecule has 1 N–H and O–H groups in total. The topological polar surface area (TPSA) is 45.2 Å². The van der Waals surface area contributed by atoms with Crippen LogP contribution in [0.2, 0.25) is 0 Å². The summed E-state index contributed by atoms with van der Waals surface area (Å²) in [5, 5.41) is 5.25. The van der Waals surface area contributed by atoms with Crippen LogP contribution in [0.15, 0.2) is 41.9 Å². The molecule has 0 radical (unpaired) electrons. The van der Waals surface area contributed by atoms with Crippen molar-refractivity contribution in [1.82, 2.24) is 9.88 Å². The van der Waals surface area contributed by atoms with Crippen LogP contribution in [-0.2, 0) is 11.3 Å². The van der Waals surface area contributed by atoms with Crippen molar-refractivity contribution in [3.05, 3.63) is 47.5 Å². The fourth-order valence-corrected chi connectivity index (χ4v) is 2.19. The Labute approximate surface area is 110 Å². The van der Waals surface area contributed by atoms with Crippen molar-refractivity contribution in [2.75, 3.05) is 18.9 Å². The highest BCUT2D eigenvalue weighted by atomic mass is 32.1. The Kier molecular flexibility index (Phi) is 4.44. The van der Waals surface area contributed by atoms with Gasteiger partial charge in [-0.05, 0) is 12.6 Å². The molecule has 5 heteroatoms. The van der Waals surface area contributed by atoms with Crippen LogP contribution in [0.1, 0.15) is 5.56 Å². The lowest BCUT2D eigenvalue weighted by atomic mass is 10.2.